The van der Waals surface area contributed by atoms with Gasteiger partial charge in [-0.1, -0.05) is 12.1 Å². The molecule has 0 N–H and O–H groups in total. The fourth-order valence-electron chi connectivity index (χ4n) is 1.23. The number of methoxy groups -OCH3 is 1. The van der Waals surface area contributed by atoms with Gasteiger partial charge in [-0.2, -0.15) is 0 Å². The maximum absolute atomic E-state index is 5.18. The molecule has 0 amide bonds. The molecule has 0 atom stereocenters. The molecule has 0 aliphatic rings. The SMILES string of the molecule is COc1ccccc1N=Cc1ccoc1. The van der Waals surface area contributed by atoms with Crippen LogP contribution in [0.1, 0.15) is 5.56 Å². The fourth-order valence-corrected chi connectivity index (χ4v) is 1.23. The molecule has 15 heavy (non-hydrogen) atoms. The van der Waals surface area contributed by atoms with Crippen LogP contribution in [0.15, 0.2) is 52.3 Å². The fraction of sp³-hybridized carbons (Fsp3) is 0.0833. The van der Waals surface area contributed by atoms with Crippen molar-refractivity contribution in [3.05, 3.63) is 48.4 Å². The van der Waals surface area contributed by atoms with Gasteiger partial charge in [0.2, 0.25) is 0 Å². The number of nitrogens with zero attached hydrogens (tertiary/aromatic N) is 1. The first kappa shape index (κ1) is 9.52. The van der Waals surface area contributed by atoms with Crippen molar-refractivity contribution in [1.29, 1.82) is 0 Å². The molecular weight excluding hydrogens is 190 g/mol. The average molecular weight is 201 g/mol. The van der Waals surface area contributed by atoms with Crippen LogP contribution in [0.2, 0.25) is 0 Å². The van der Waals surface area contributed by atoms with Gasteiger partial charge in [-0.3, -0.25) is 4.99 Å². The maximum atomic E-state index is 5.18. The van der Waals surface area contributed by atoms with E-state index in [-0.39, 0.29) is 0 Å². The number of furan rings is 1. The summed E-state index contributed by atoms with van der Waals surface area (Å²) >= 11 is 0. The highest BCUT2D eigenvalue weighted by molar-refractivity contribution is 5.82. The van der Waals surface area contributed by atoms with E-state index in [2.05, 4.69) is 4.99 Å². The van der Waals surface area contributed by atoms with E-state index in [0.29, 0.717) is 0 Å². The Morgan fingerprint density at radius 3 is 2.87 bits per heavy atom. The largest absolute Gasteiger partial charge is 0.494 e. The molecule has 0 saturated heterocycles. The Kier molecular flexibility index (Phi) is 2.83. The van der Waals surface area contributed by atoms with Gasteiger partial charge in [-0.25, -0.2) is 0 Å². The highest BCUT2D eigenvalue weighted by atomic mass is 16.5. The van der Waals surface area contributed by atoms with Crippen LogP contribution in [0.4, 0.5) is 5.69 Å². The predicted octanol–water partition coefficient (Wildman–Crippen LogP) is 3.04. The van der Waals surface area contributed by atoms with Crippen molar-refractivity contribution >= 4 is 11.9 Å². The Balaban J connectivity index is 2.24. The third kappa shape index (κ3) is 2.26. The van der Waals surface area contributed by atoms with Gasteiger partial charge >= 0.3 is 0 Å². The molecule has 0 saturated carbocycles. The molecule has 1 heterocycles. The first-order valence-corrected chi connectivity index (χ1v) is 4.59. The van der Waals surface area contributed by atoms with E-state index in [1.165, 1.54) is 0 Å². The smallest absolute Gasteiger partial charge is 0.144 e. The number of para-hydroxylation sites is 2. The second-order valence-corrected chi connectivity index (χ2v) is 2.99. The quantitative estimate of drug-likeness (QED) is 0.715. The minimum atomic E-state index is 0.761. The van der Waals surface area contributed by atoms with Crippen LogP contribution in [0.5, 0.6) is 5.75 Å². The number of aliphatic imine (C=N–C) groups is 1. The van der Waals surface area contributed by atoms with Crippen LogP contribution in [0, 0.1) is 0 Å². The summed E-state index contributed by atoms with van der Waals surface area (Å²) in [5.74, 6) is 0.761. The molecule has 2 aromatic rings. The van der Waals surface area contributed by atoms with E-state index in [1.807, 2.05) is 30.3 Å². The maximum Gasteiger partial charge on any atom is 0.144 e. The number of ether oxygens (including phenoxy) is 1. The highest BCUT2D eigenvalue weighted by Crippen LogP contribution is 2.25. The summed E-state index contributed by atoms with van der Waals surface area (Å²) in [5.41, 5.74) is 1.74. The first-order chi connectivity index (χ1) is 7.40. The molecule has 0 bridgehead atoms. The summed E-state index contributed by atoms with van der Waals surface area (Å²) in [6, 6.07) is 9.45. The van der Waals surface area contributed by atoms with Gasteiger partial charge in [0.25, 0.3) is 0 Å². The van der Waals surface area contributed by atoms with E-state index in [1.54, 1.807) is 25.9 Å². The lowest BCUT2D eigenvalue weighted by atomic mass is 10.3. The number of benzene rings is 1. The van der Waals surface area contributed by atoms with Gasteiger partial charge in [0, 0.05) is 11.8 Å². The molecular formula is C12H11NO2. The van der Waals surface area contributed by atoms with Crippen LogP contribution in [0.3, 0.4) is 0 Å². The minimum Gasteiger partial charge on any atom is -0.494 e. The number of hydrogen-bond donors (Lipinski definition) is 0. The summed E-state index contributed by atoms with van der Waals surface area (Å²) in [7, 11) is 1.63. The average Bonchev–Trinajstić information content (AvgIpc) is 2.79. The van der Waals surface area contributed by atoms with Crippen molar-refractivity contribution in [2.24, 2.45) is 4.99 Å². The molecule has 2 rings (SSSR count). The van der Waals surface area contributed by atoms with Crippen molar-refractivity contribution in [2.45, 2.75) is 0 Å². The zero-order valence-electron chi connectivity index (χ0n) is 8.38. The summed E-state index contributed by atoms with van der Waals surface area (Å²) in [5, 5.41) is 0. The Hall–Kier alpha value is -2.03. The minimum absolute atomic E-state index is 0.761. The molecule has 76 valence electrons. The molecule has 3 nitrogen and oxygen atoms in total. The van der Waals surface area contributed by atoms with Crippen LogP contribution in [0.25, 0.3) is 0 Å². The van der Waals surface area contributed by atoms with Gasteiger partial charge < -0.3 is 9.15 Å². The zero-order valence-corrected chi connectivity index (χ0v) is 8.38. The lowest BCUT2D eigenvalue weighted by molar-refractivity contribution is 0.416. The van der Waals surface area contributed by atoms with Crippen molar-refractivity contribution < 1.29 is 9.15 Å². The van der Waals surface area contributed by atoms with Crippen molar-refractivity contribution in [3.8, 4) is 5.75 Å². The Labute approximate surface area is 88.0 Å². The van der Waals surface area contributed by atoms with Crippen molar-refractivity contribution in [1.82, 2.24) is 0 Å². The summed E-state index contributed by atoms with van der Waals surface area (Å²) < 4.78 is 10.1. The molecule has 1 aromatic heterocycles. The Morgan fingerprint density at radius 2 is 2.13 bits per heavy atom. The second kappa shape index (κ2) is 4.46. The van der Waals surface area contributed by atoms with Gasteiger partial charge in [-0.05, 0) is 18.2 Å². The van der Waals surface area contributed by atoms with Crippen LogP contribution in [-0.4, -0.2) is 13.3 Å². The zero-order chi connectivity index (χ0) is 10.5. The van der Waals surface area contributed by atoms with E-state index in [4.69, 9.17) is 9.15 Å². The third-order valence-electron chi connectivity index (χ3n) is 1.98. The molecule has 0 spiro atoms. The molecule has 0 aliphatic carbocycles. The topological polar surface area (TPSA) is 34.7 Å². The number of rotatable bonds is 3. The summed E-state index contributed by atoms with van der Waals surface area (Å²) in [6.07, 6.45) is 4.99. The van der Waals surface area contributed by atoms with Gasteiger partial charge in [0.1, 0.15) is 11.4 Å². The number of hydrogen-bond acceptors (Lipinski definition) is 3. The lowest BCUT2D eigenvalue weighted by Crippen LogP contribution is -1.82. The van der Waals surface area contributed by atoms with E-state index < -0.39 is 0 Å². The van der Waals surface area contributed by atoms with Crippen LogP contribution in [-0.2, 0) is 0 Å². The molecule has 3 heteroatoms. The molecule has 0 fully saturated rings. The van der Waals surface area contributed by atoms with Crippen molar-refractivity contribution in [2.75, 3.05) is 7.11 Å². The van der Waals surface area contributed by atoms with Crippen LogP contribution < -0.4 is 4.74 Å². The van der Waals surface area contributed by atoms with Gasteiger partial charge in [0.05, 0.1) is 19.6 Å². The second-order valence-electron chi connectivity index (χ2n) is 2.99. The Morgan fingerprint density at radius 1 is 1.27 bits per heavy atom. The summed E-state index contributed by atoms with van der Waals surface area (Å²) in [4.78, 5) is 4.31. The highest BCUT2D eigenvalue weighted by Gasteiger charge is 1.97. The molecule has 0 aliphatic heterocycles. The summed E-state index contributed by atoms with van der Waals surface area (Å²) in [6.45, 7) is 0. The lowest BCUT2D eigenvalue weighted by Gasteiger charge is -2.01. The van der Waals surface area contributed by atoms with E-state index >= 15 is 0 Å². The molecule has 0 unspecified atom stereocenters. The van der Waals surface area contributed by atoms with Gasteiger partial charge in [-0.15, -0.1) is 0 Å². The third-order valence-corrected chi connectivity index (χ3v) is 1.98. The monoisotopic (exact) mass is 201 g/mol. The molecule has 0 radical (unpaired) electrons. The normalized spacial score (nSPS) is 10.7. The van der Waals surface area contributed by atoms with E-state index in [0.717, 1.165) is 17.0 Å². The standard InChI is InChI=1S/C12H11NO2/c1-14-12-5-3-2-4-11(12)13-8-10-6-7-15-9-10/h2-9H,1H3. The Bertz CT molecular complexity index is 446. The molecule has 1 aromatic carbocycles. The van der Waals surface area contributed by atoms with E-state index in [9.17, 15) is 0 Å². The predicted molar refractivity (Wildman–Crippen MR) is 59.0 cm³/mol. The van der Waals surface area contributed by atoms with Gasteiger partial charge in [0.15, 0.2) is 0 Å². The first-order valence-electron chi connectivity index (χ1n) is 4.59. The van der Waals surface area contributed by atoms with Crippen LogP contribution >= 0.6 is 0 Å². The van der Waals surface area contributed by atoms with Crippen molar-refractivity contribution in [3.63, 3.8) is 0 Å².